The van der Waals surface area contributed by atoms with E-state index in [1.165, 1.54) is 12.1 Å². The number of rotatable bonds is 3. The number of hydrogen-bond acceptors (Lipinski definition) is 4. The average molecular weight is 342 g/mol. The lowest BCUT2D eigenvalue weighted by Crippen LogP contribution is -2.38. The van der Waals surface area contributed by atoms with Crippen LogP contribution in [0, 0.1) is 5.82 Å². The SMILES string of the molecule is CC(=O)N1CCC[C@@H](c2nc(N(C)C)ncc2-c2cccc(F)c2)C1. The molecule has 1 aliphatic rings. The van der Waals surface area contributed by atoms with E-state index in [-0.39, 0.29) is 17.6 Å². The molecule has 6 heteroatoms. The highest BCUT2D eigenvalue weighted by molar-refractivity contribution is 5.73. The van der Waals surface area contributed by atoms with Gasteiger partial charge in [-0.05, 0) is 30.5 Å². The molecule has 1 aromatic carbocycles. The molecule has 0 unspecified atom stereocenters. The fourth-order valence-electron chi connectivity index (χ4n) is 3.28. The molecule has 25 heavy (non-hydrogen) atoms. The van der Waals surface area contributed by atoms with E-state index < -0.39 is 0 Å². The van der Waals surface area contributed by atoms with Crippen molar-refractivity contribution in [3.8, 4) is 11.1 Å². The monoisotopic (exact) mass is 342 g/mol. The Kier molecular flexibility index (Phi) is 4.97. The molecule has 1 aliphatic heterocycles. The number of carbonyl (C=O) groups excluding carboxylic acids is 1. The summed E-state index contributed by atoms with van der Waals surface area (Å²) in [5.74, 6) is 0.542. The van der Waals surface area contributed by atoms with E-state index in [2.05, 4.69) is 4.98 Å². The molecule has 1 atom stereocenters. The van der Waals surface area contributed by atoms with Crippen molar-refractivity contribution in [3.63, 3.8) is 0 Å². The maximum Gasteiger partial charge on any atom is 0.225 e. The Balaban J connectivity index is 2.05. The number of carbonyl (C=O) groups is 1. The van der Waals surface area contributed by atoms with E-state index in [1.807, 2.05) is 30.0 Å². The Hall–Kier alpha value is -2.50. The minimum absolute atomic E-state index is 0.0823. The summed E-state index contributed by atoms with van der Waals surface area (Å²) in [6.45, 7) is 3.02. The molecule has 3 rings (SSSR count). The highest BCUT2D eigenvalue weighted by atomic mass is 19.1. The summed E-state index contributed by atoms with van der Waals surface area (Å²) in [4.78, 5) is 24.7. The summed E-state index contributed by atoms with van der Waals surface area (Å²) < 4.78 is 13.7. The van der Waals surface area contributed by atoms with Gasteiger partial charge in [-0.1, -0.05) is 12.1 Å². The van der Waals surface area contributed by atoms with Gasteiger partial charge in [0.25, 0.3) is 0 Å². The second kappa shape index (κ2) is 7.17. The Bertz CT molecular complexity index is 778. The van der Waals surface area contributed by atoms with Crippen molar-refractivity contribution >= 4 is 11.9 Å². The van der Waals surface area contributed by atoms with E-state index in [9.17, 15) is 9.18 Å². The normalized spacial score (nSPS) is 17.4. The zero-order chi connectivity index (χ0) is 18.0. The van der Waals surface area contributed by atoms with Crippen molar-refractivity contribution in [1.29, 1.82) is 0 Å². The second-order valence-electron chi connectivity index (χ2n) is 6.68. The van der Waals surface area contributed by atoms with Crippen LogP contribution in [0.25, 0.3) is 11.1 Å². The number of benzene rings is 1. The fourth-order valence-corrected chi connectivity index (χ4v) is 3.28. The molecule has 1 fully saturated rings. The predicted octanol–water partition coefficient (Wildman–Crippen LogP) is 3.07. The van der Waals surface area contributed by atoms with Gasteiger partial charge in [-0.2, -0.15) is 0 Å². The van der Waals surface area contributed by atoms with E-state index >= 15 is 0 Å². The summed E-state index contributed by atoms with van der Waals surface area (Å²) in [5.41, 5.74) is 2.48. The van der Waals surface area contributed by atoms with Crippen molar-refractivity contribution in [2.45, 2.75) is 25.7 Å². The standard InChI is InChI=1S/C19H23FN4O/c1-13(25)24-9-5-7-15(12-24)18-17(11-21-19(22-18)23(2)3)14-6-4-8-16(20)10-14/h4,6,8,10-11,15H,5,7,9,12H2,1-3H3/t15-/m1/s1. The van der Waals surface area contributed by atoms with Crippen LogP contribution in [0.5, 0.6) is 0 Å². The number of likely N-dealkylation sites (tertiary alicyclic amines) is 1. The number of halogens is 1. The molecule has 0 aliphatic carbocycles. The zero-order valence-corrected chi connectivity index (χ0v) is 14.9. The molecule has 0 N–H and O–H groups in total. The summed E-state index contributed by atoms with van der Waals surface area (Å²) in [6, 6.07) is 6.49. The first-order valence-corrected chi connectivity index (χ1v) is 8.51. The summed E-state index contributed by atoms with van der Waals surface area (Å²) in [6.07, 6.45) is 3.66. The van der Waals surface area contributed by atoms with Crippen molar-refractivity contribution in [2.24, 2.45) is 0 Å². The molecule has 2 heterocycles. The lowest BCUT2D eigenvalue weighted by atomic mass is 9.90. The lowest BCUT2D eigenvalue weighted by Gasteiger charge is -2.32. The van der Waals surface area contributed by atoms with Gasteiger partial charge >= 0.3 is 0 Å². The third kappa shape index (κ3) is 3.78. The van der Waals surface area contributed by atoms with Gasteiger partial charge in [-0.15, -0.1) is 0 Å². The number of aromatic nitrogens is 2. The van der Waals surface area contributed by atoms with Gasteiger partial charge in [0.05, 0.1) is 5.69 Å². The van der Waals surface area contributed by atoms with E-state index in [4.69, 9.17) is 4.98 Å². The van der Waals surface area contributed by atoms with Crippen LogP contribution in [-0.2, 0) is 4.79 Å². The largest absolute Gasteiger partial charge is 0.347 e. The van der Waals surface area contributed by atoms with Crippen molar-refractivity contribution in [1.82, 2.24) is 14.9 Å². The van der Waals surface area contributed by atoms with Gasteiger partial charge in [0.1, 0.15) is 5.82 Å². The first kappa shape index (κ1) is 17.3. The van der Waals surface area contributed by atoms with Gasteiger partial charge in [0.15, 0.2) is 0 Å². The zero-order valence-electron chi connectivity index (χ0n) is 14.9. The minimum Gasteiger partial charge on any atom is -0.347 e. The average Bonchev–Trinajstić information content (AvgIpc) is 2.61. The fraction of sp³-hybridized carbons (Fsp3) is 0.421. The number of anilines is 1. The van der Waals surface area contributed by atoms with Crippen LogP contribution in [0.1, 0.15) is 31.4 Å². The molecule has 0 saturated carbocycles. The molecule has 1 amide bonds. The molecule has 0 spiro atoms. The van der Waals surface area contributed by atoms with Gasteiger partial charge in [0.2, 0.25) is 11.9 Å². The van der Waals surface area contributed by atoms with Crippen LogP contribution < -0.4 is 4.90 Å². The van der Waals surface area contributed by atoms with Gasteiger partial charge in [-0.25, -0.2) is 14.4 Å². The van der Waals surface area contributed by atoms with Crippen LogP contribution in [0.4, 0.5) is 10.3 Å². The van der Waals surface area contributed by atoms with Crippen LogP contribution in [0.3, 0.4) is 0 Å². The van der Waals surface area contributed by atoms with Gasteiger partial charge in [-0.3, -0.25) is 4.79 Å². The minimum atomic E-state index is -0.283. The lowest BCUT2D eigenvalue weighted by molar-refractivity contribution is -0.130. The smallest absolute Gasteiger partial charge is 0.225 e. The molecule has 2 aromatic rings. The Morgan fingerprint density at radius 3 is 2.84 bits per heavy atom. The molecule has 1 aromatic heterocycles. The number of piperidine rings is 1. The number of hydrogen-bond donors (Lipinski definition) is 0. The number of nitrogens with zero attached hydrogens (tertiary/aromatic N) is 4. The molecule has 5 nitrogen and oxygen atoms in total. The van der Waals surface area contributed by atoms with Crippen molar-refractivity contribution in [3.05, 3.63) is 42.0 Å². The predicted molar refractivity (Wildman–Crippen MR) is 96.0 cm³/mol. The van der Waals surface area contributed by atoms with E-state index in [0.717, 1.165) is 36.2 Å². The van der Waals surface area contributed by atoms with Crippen LogP contribution in [0.15, 0.2) is 30.5 Å². The van der Waals surface area contributed by atoms with Crippen molar-refractivity contribution in [2.75, 3.05) is 32.1 Å². The van der Waals surface area contributed by atoms with Crippen molar-refractivity contribution < 1.29 is 9.18 Å². The van der Waals surface area contributed by atoms with Crippen LogP contribution >= 0.6 is 0 Å². The molecule has 0 bridgehead atoms. The second-order valence-corrected chi connectivity index (χ2v) is 6.68. The Morgan fingerprint density at radius 1 is 1.36 bits per heavy atom. The highest BCUT2D eigenvalue weighted by Gasteiger charge is 2.27. The molecular formula is C19H23FN4O. The molecule has 132 valence electrons. The Labute approximate surface area is 147 Å². The summed E-state index contributed by atoms with van der Waals surface area (Å²) >= 11 is 0. The molecule has 1 saturated heterocycles. The van der Waals surface area contributed by atoms with E-state index in [0.29, 0.717) is 12.5 Å². The van der Waals surface area contributed by atoms with Gasteiger partial charge < -0.3 is 9.80 Å². The highest BCUT2D eigenvalue weighted by Crippen LogP contribution is 2.34. The number of amides is 1. The van der Waals surface area contributed by atoms with Gasteiger partial charge in [0, 0.05) is 51.8 Å². The van der Waals surface area contributed by atoms with Crippen LogP contribution in [0.2, 0.25) is 0 Å². The first-order chi connectivity index (χ1) is 12.0. The maximum absolute atomic E-state index is 13.7. The molecule has 0 radical (unpaired) electrons. The molecular weight excluding hydrogens is 319 g/mol. The van der Waals surface area contributed by atoms with Crippen LogP contribution in [-0.4, -0.2) is 48.0 Å². The topological polar surface area (TPSA) is 49.3 Å². The quantitative estimate of drug-likeness (QED) is 0.860. The first-order valence-electron chi connectivity index (χ1n) is 8.51. The van der Waals surface area contributed by atoms with E-state index in [1.54, 1.807) is 19.2 Å². The third-order valence-corrected chi connectivity index (χ3v) is 4.59. The maximum atomic E-state index is 13.7. The Morgan fingerprint density at radius 2 is 2.16 bits per heavy atom. The summed E-state index contributed by atoms with van der Waals surface area (Å²) in [7, 11) is 3.79. The third-order valence-electron chi connectivity index (χ3n) is 4.59. The summed E-state index contributed by atoms with van der Waals surface area (Å²) in [5, 5.41) is 0.